The van der Waals surface area contributed by atoms with Crippen LogP contribution in [0.3, 0.4) is 0 Å². The molecule has 7 heteroatoms. The second kappa shape index (κ2) is 7.76. The summed E-state index contributed by atoms with van der Waals surface area (Å²) in [4.78, 5) is 29.5. The minimum absolute atomic E-state index is 0.0810. The molecule has 2 aromatic rings. The third-order valence-electron chi connectivity index (χ3n) is 3.75. The molecule has 2 heterocycles. The van der Waals surface area contributed by atoms with E-state index in [0.717, 1.165) is 11.4 Å². The molecule has 1 fully saturated rings. The van der Waals surface area contributed by atoms with Crippen LogP contribution in [0.5, 0.6) is 0 Å². The van der Waals surface area contributed by atoms with Gasteiger partial charge in [0.15, 0.2) is 0 Å². The second-order valence-corrected chi connectivity index (χ2v) is 5.72. The Hall–Kier alpha value is -2.93. The molecule has 1 aromatic heterocycles. The number of morpholine rings is 1. The smallest absolute Gasteiger partial charge is 0.272 e. The van der Waals surface area contributed by atoms with Gasteiger partial charge in [-0.15, -0.1) is 0 Å². The average Bonchev–Trinajstić information content (AvgIpc) is 2.62. The number of nitrogens with one attached hydrogen (secondary N) is 2. The lowest BCUT2D eigenvalue weighted by Crippen LogP contribution is -2.41. The van der Waals surface area contributed by atoms with E-state index < -0.39 is 0 Å². The van der Waals surface area contributed by atoms with Gasteiger partial charge in [0.2, 0.25) is 5.91 Å². The van der Waals surface area contributed by atoms with Crippen molar-refractivity contribution in [1.82, 2.24) is 9.88 Å². The molecule has 1 aliphatic heterocycles. The Morgan fingerprint density at radius 2 is 1.84 bits per heavy atom. The Balaban J connectivity index is 1.66. The van der Waals surface area contributed by atoms with Crippen LogP contribution in [0.1, 0.15) is 17.4 Å². The van der Waals surface area contributed by atoms with Gasteiger partial charge in [-0.1, -0.05) is 6.07 Å². The molecule has 25 heavy (non-hydrogen) atoms. The zero-order valence-electron chi connectivity index (χ0n) is 14.0. The SMILES string of the molecule is CC(=O)Nc1cccc(Nc2ccc(C(=O)N3CCOCC3)nc2)c1. The van der Waals surface area contributed by atoms with Crippen molar-refractivity contribution in [3.05, 3.63) is 48.3 Å². The van der Waals surface area contributed by atoms with Crippen molar-refractivity contribution in [3.63, 3.8) is 0 Å². The van der Waals surface area contributed by atoms with Crippen LogP contribution in [0.2, 0.25) is 0 Å². The fourth-order valence-corrected chi connectivity index (χ4v) is 2.57. The Bertz CT molecular complexity index is 755. The number of nitrogens with zero attached hydrogens (tertiary/aromatic N) is 2. The molecule has 1 aromatic carbocycles. The molecule has 2 amide bonds. The molecule has 0 radical (unpaired) electrons. The van der Waals surface area contributed by atoms with Crippen LogP contribution in [0.15, 0.2) is 42.6 Å². The average molecular weight is 340 g/mol. The van der Waals surface area contributed by atoms with Crippen LogP contribution in [-0.2, 0) is 9.53 Å². The molecular formula is C18H20N4O3. The van der Waals surface area contributed by atoms with Crippen LogP contribution < -0.4 is 10.6 Å². The molecule has 0 bridgehead atoms. The van der Waals surface area contributed by atoms with Gasteiger partial charge in [-0.3, -0.25) is 9.59 Å². The molecule has 130 valence electrons. The summed E-state index contributed by atoms with van der Waals surface area (Å²) in [6.07, 6.45) is 1.62. The predicted octanol–water partition coefficient (Wildman–Crippen LogP) is 2.26. The number of hydrogen-bond donors (Lipinski definition) is 2. The second-order valence-electron chi connectivity index (χ2n) is 5.72. The lowest BCUT2D eigenvalue weighted by Gasteiger charge is -2.26. The van der Waals surface area contributed by atoms with Gasteiger partial charge < -0.3 is 20.3 Å². The largest absolute Gasteiger partial charge is 0.378 e. The number of amides is 2. The van der Waals surface area contributed by atoms with Crippen molar-refractivity contribution in [2.45, 2.75) is 6.92 Å². The van der Waals surface area contributed by atoms with Crippen molar-refractivity contribution in [1.29, 1.82) is 0 Å². The standard InChI is InChI=1S/C18H20N4O3/c1-13(23)20-14-3-2-4-15(11-14)21-16-5-6-17(19-12-16)18(24)22-7-9-25-10-8-22/h2-6,11-12,21H,7-10H2,1H3,(H,20,23). The lowest BCUT2D eigenvalue weighted by molar-refractivity contribution is -0.114. The first kappa shape index (κ1) is 16.9. The third kappa shape index (κ3) is 4.54. The summed E-state index contributed by atoms with van der Waals surface area (Å²) >= 11 is 0. The quantitative estimate of drug-likeness (QED) is 0.892. The fourth-order valence-electron chi connectivity index (χ4n) is 2.57. The molecule has 0 aliphatic carbocycles. The maximum atomic E-state index is 12.4. The Morgan fingerprint density at radius 3 is 2.52 bits per heavy atom. The molecule has 7 nitrogen and oxygen atoms in total. The molecule has 1 saturated heterocycles. The summed E-state index contributed by atoms with van der Waals surface area (Å²) in [5.74, 6) is -0.202. The number of anilines is 3. The molecule has 0 atom stereocenters. The first-order valence-corrected chi connectivity index (χ1v) is 8.09. The highest BCUT2D eigenvalue weighted by Gasteiger charge is 2.19. The van der Waals surface area contributed by atoms with Gasteiger partial charge in [0.1, 0.15) is 5.69 Å². The summed E-state index contributed by atoms with van der Waals surface area (Å²) in [5, 5.41) is 5.94. The maximum Gasteiger partial charge on any atom is 0.272 e. The summed E-state index contributed by atoms with van der Waals surface area (Å²) < 4.78 is 5.25. The summed E-state index contributed by atoms with van der Waals surface area (Å²) in [7, 11) is 0. The number of hydrogen-bond acceptors (Lipinski definition) is 5. The van der Waals surface area contributed by atoms with Gasteiger partial charge in [-0.25, -0.2) is 4.98 Å². The normalized spacial score (nSPS) is 14.0. The molecular weight excluding hydrogens is 320 g/mol. The predicted molar refractivity (Wildman–Crippen MR) is 95.0 cm³/mol. The number of carbonyl (C=O) groups excluding carboxylic acids is 2. The summed E-state index contributed by atoms with van der Waals surface area (Å²) in [6.45, 7) is 3.78. The van der Waals surface area contributed by atoms with Crippen molar-refractivity contribution in [2.24, 2.45) is 0 Å². The first-order valence-electron chi connectivity index (χ1n) is 8.09. The number of carbonyl (C=O) groups is 2. The van der Waals surface area contributed by atoms with E-state index in [0.29, 0.717) is 37.7 Å². The van der Waals surface area contributed by atoms with E-state index in [4.69, 9.17) is 4.74 Å². The highest BCUT2D eigenvalue weighted by Crippen LogP contribution is 2.20. The van der Waals surface area contributed by atoms with Crippen molar-refractivity contribution >= 4 is 28.9 Å². The van der Waals surface area contributed by atoms with E-state index in [1.807, 2.05) is 30.3 Å². The van der Waals surface area contributed by atoms with E-state index in [1.54, 1.807) is 17.2 Å². The van der Waals surface area contributed by atoms with E-state index >= 15 is 0 Å². The Morgan fingerprint density at radius 1 is 1.08 bits per heavy atom. The monoisotopic (exact) mass is 340 g/mol. The van der Waals surface area contributed by atoms with Crippen LogP contribution in [-0.4, -0.2) is 48.0 Å². The summed E-state index contributed by atoms with van der Waals surface area (Å²) in [6, 6.07) is 10.9. The van der Waals surface area contributed by atoms with Crippen LogP contribution in [0.4, 0.5) is 17.1 Å². The zero-order valence-corrected chi connectivity index (χ0v) is 14.0. The van der Waals surface area contributed by atoms with Crippen molar-refractivity contribution in [3.8, 4) is 0 Å². The number of benzene rings is 1. The van der Waals surface area contributed by atoms with Crippen LogP contribution in [0.25, 0.3) is 0 Å². The van der Waals surface area contributed by atoms with E-state index in [2.05, 4.69) is 15.6 Å². The van der Waals surface area contributed by atoms with Gasteiger partial charge in [-0.2, -0.15) is 0 Å². The maximum absolute atomic E-state index is 12.4. The molecule has 0 saturated carbocycles. The number of rotatable bonds is 4. The van der Waals surface area contributed by atoms with Gasteiger partial charge in [-0.05, 0) is 30.3 Å². The summed E-state index contributed by atoms with van der Waals surface area (Å²) in [5.41, 5.74) is 2.71. The third-order valence-corrected chi connectivity index (χ3v) is 3.75. The van der Waals surface area contributed by atoms with Gasteiger partial charge in [0, 0.05) is 31.4 Å². The Kier molecular flexibility index (Phi) is 5.25. The minimum Gasteiger partial charge on any atom is -0.378 e. The molecule has 1 aliphatic rings. The lowest BCUT2D eigenvalue weighted by atomic mass is 10.2. The molecule has 0 spiro atoms. The zero-order chi connectivity index (χ0) is 17.6. The van der Waals surface area contributed by atoms with Crippen LogP contribution >= 0.6 is 0 Å². The Labute approximate surface area is 146 Å². The van der Waals surface area contributed by atoms with E-state index in [-0.39, 0.29) is 11.8 Å². The van der Waals surface area contributed by atoms with Gasteiger partial charge in [0.05, 0.1) is 25.1 Å². The molecule has 0 unspecified atom stereocenters. The van der Waals surface area contributed by atoms with Crippen molar-refractivity contribution < 1.29 is 14.3 Å². The number of aromatic nitrogens is 1. The topological polar surface area (TPSA) is 83.6 Å². The highest BCUT2D eigenvalue weighted by atomic mass is 16.5. The fraction of sp³-hybridized carbons (Fsp3) is 0.278. The minimum atomic E-state index is -0.121. The van der Waals surface area contributed by atoms with Gasteiger partial charge in [0.25, 0.3) is 5.91 Å². The van der Waals surface area contributed by atoms with Crippen LogP contribution in [0, 0.1) is 0 Å². The van der Waals surface area contributed by atoms with E-state index in [1.165, 1.54) is 6.92 Å². The van der Waals surface area contributed by atoms with Gasteiger partial charge >= 0.3 is 0 Å². The number of ether oxygens (including phenoxy) is 1. The number of pyridine rings is 1. The molecule has 3 rings (SSSR count). The van der Waals surface area contributed by atoms with E-state index in [9.17, 15) is 9.59 Å². The first-order chi connectivity index (χ1) is 12.1. The van der Waals surface area contributed by atoms with Crippen molar-refractivity contribution in [2.75, 3.05) is 36.9 Å². The highest BCUT2D eigenvalue weighted by molar-refractivity contribution is 5.92. The molecule has 2 N–H and O–H groups in total.